The van der Waals surface area contributed by atoms with Gasteiger partial charge in [0.25, 0.3) is 0 Å². The molecular formula is C12H13N. The Morgan fingerprint density at radius 1 is 1.00 bits per heavy atom. The summed E-state index contributed by atoms with van der Waals surface area (Å²) in [5.41, 5.74) is 1.09. The Balaban J connectivity index is 2.39. The first kappa shape index (κ1) is 9.33. The summed E-state index contributed by atoms with van der Waals surface area (Å²) < 4.78 is 0. The van der Waals surface area contributed by atoms with Crippen LogP contribution in [0, 0.1) is 0 Å². The van der Waals surface area contributed by atoms with Gasteiger partial charge < -0.3 is 5.32 Å². The number of benzene rings is 1. The van der Waals surface area contributed by atoms with Gasteiger partial charge in [-0.25, -0.2) is 0 Å². The number of nitrogens with one attached hydrogen (secondary N) is 1. The number of para-hydroxylation sites is 1. The highest BCUT2D eigenvalue weighted by Crippen LogP contribution is 2.03. The quantitative estimate of drug-likeness (QED) is 0.685. The maximum absolute atomic E-state index is 3.58. The Morgan fingerprint density at radius 2 is 1.77 bits per heavy atom. The minimum atomic E-state index is 1.09. The molecule has 0 heterocycles. The molecule has 0 radical (unpaired) electrons. The van der Waals surface area contributed by atoms with Gasteiger partial charge in [-0.15, -0.1) is 0 Å². The van der Waals surface area contributed by atoms with Crippen LogP contribution < -0.4 is 5.32 Å². The average Bonchev–Trinajstić information content (AvgIpc) is 2.19. The number of allylic oxidation sites excluding steroid dienone is 4. The van der Waals surface area contributed by atoms with Gasteiger partial charge in [0.2, 0.25) is 0 Å². The van der Waals surface area contributed by atoms with Crippen molar-refractivity contribution in [2.45, 2.75) is 0 Å². The highest BCUT2D eigenvalue weighted by molar-refractivity contribution is 5.45. The molecule has 0 fully saturated rings. The van der Waals surface area contributed by atoms with Gasteiger partial charge in [0.1, 0.15) is 0 Å². The summed E-state index contributed by atoms with van der Waals surface area (Å²) in [7, 11) is 0. The molecule has 0 aliphatic carbocycles. The van der Waals surface area contributed by atoms with Crippen LogP contribution in [0.5, 0.6) is 0 Å². The van der Waals surface area contributed by atoms with E-state index in [0.717, 1.165) is 5.69 Å². The van der Waals surface area contributed by atoms with Crippen molar-refractivity contribution >= 4 is 5.69 Å². The SMILES string of the molecule is C=C/C=C\C=C/Nc1ccccc1. The zero-order chi connectivity index (χ0) is 9.36. The van der Waals surface area contributed by atoms with Gasteiger partial charge in [0.05, 0.1) is 0 Å². The maximum atomic E-state index is 3.58. The Kier molecular flexibility index (Phi) is 4.19. The summed E-state index contributed by atoms with van der Waals surface area (Å²) in [5.74, 6) is 0. The Hall–Kier alpha value is -1.76. The van der Waals surface area contributed by atoms with E-state index in [1.165, 1.54) is 0 Å². The highest BCUT2D eigenvalue weighted by atomic mass is 14.8. The van der Waals surface area contributed by atoms with Crippen molar-refractivity contribution in [2.24, 2.45) is 0 Å². The zero-order valence-electron chi connectivity index (χ0n) is 7.48. The molecule has 0 aliphatic heterocycles. The zero-order valence-corrected chi connectivity index (χ0v) is 7.48. The largest absolute Gasteiger partial charge is 0.362 e. The average molecular weight is 171 g/mol. The maximum Gasteiger partial charge on any atom is 0.0379 e. The Bertz CT molecular complexity index is 296. The van der Waals surface area contributed by atoms with Crippen LogP contribution in [0.4, 0.5) is 5.69 Å². The molecule has 1 heteroatoms. The van der Waals surface area contributed by atoms with Gasteiger partial charge >= 0.3 is 0 Å². The molecule has 0 bridgehead atoms. The minimum absolute atomic E-state index is 1.09. The lowest BCUT2D eigenvalue weighted by Crippen LogP contribution is -1.84. The summed E-state index contributed by atoms with van der Waals surface area (Å²) in [4.78, 5) is 0. The lowest BCUT2D eigenvalue weighted by molar-refractivity contribution is 1.58. The van der Waals surface area contributed by atoms with Crippen molar-refractivity contribution in [3.05, 3.63) is 67.4 Å². The van der Waals surface area contributed by atoms with Gasteiger partial charge in [-0.2, -0.15) is 0 Å². The summed E-state index contributed by atoms with van der Waals surface area (Å²) in [5, 5.41) is 3.14. The van der Waals surface area contributed by atoms with E-state index in [1.807, 2.05) is 54.8 Å². The molecule has 0 atom stereocenters. The fourth-order valence-corrected chi connectivity index (χ4v) is 0.877. The first-order chi connectivity index (χ1) is 6.43. The molecule has 13 heavy (non-hydrogen) atoms. The molecule has 0 saturated heterocycles. The van der Waals surface area contributed by atoms with Crippen molar-refractivity contribution < 1.29 is 0 Å². The van der Waals surface area contributed by atoms with Crippen molar-refractivity contribution in [3.8, 4) is 0 Å². The fraction of sp³-hybridized carbons (Fsp3) is 0. The minimum Gasteiger partial charge on any atom is -0.362 e. The monoisotopic (exact) mass is 171 g/mol. The summed E-state index contributed by atoms with van der Waals surface area (Å²) in [6, 6.07) is 10.0. The van der Waals surface area contributed by atoms with E-state index in [4.69, 9.17) is 0 Å². The molecule has 1 aromatic carbocycles. The number of anilines is 1. The molecule has 0 amide bonds. The standard InChI is InChI=1S/C12H13N/c1-2-3-4-8-11-13-12-9-6-5-7-10-12/h2-11,13H,1H2/b4-3-,11-8-. The second kappa shape index (κ2) is 5.84. The van der Waals surface area contributed by atoms with Crippen molar-refractivity contribution in [3.63, 3.8) is 0 Å². The molecule has 1 rings (SSSR count). The smallest absolute Gasteiger partial charge is 0.0379 e. The van der Waals surface area contributed by atoms with E-state index >= 15 is 0 Å². The van der Waals surface area contributed by atoms with Gasteiger partial charge in [0, 0.05) is 11.9 Å². The third-order valence-electron chi connectivity index (χ3n) is 1.48. The molecule has 0 aromatic heterocycles. The third kappa shape index (κ3) is 3.97. The van der Waals surface area contributed by atoms with E-state index in [1.54, 1.807) is 6.08 Å². The van der Waals surface area contributed by atoms with Gasteiger partial charge in [-0.3, -0.25) is 0 Å². The Morgan fingerprint density at radius 3 is 2.46 bits per heavy atom. The van der Waals surface area contributed by atoms with Crippen LogP contribution in [0.1, 0.15) is 0 Å². The number of hydrogen-bond acceptors (Lipinski definition) is 1. The Labute approximate surface area is 79.1 Å². The topological polar surface area (TPSA) is 12.0 Å². The second-order valence-electron chi connectivity index (χ2n) is 2.49. The second-order valence-corrected chi connectivity index (χ2v) is 2.49. The molecule has 0 saturated carbocycles. The first-order valence-electron chi connectivity index (χ1n) is 4.19. The van der Waals surface area contributed by atoms with Crippen LogP contribution in [0.3, 0.4) is 0 Å². The molecule has 1 nitrogen and oxygen atoms in total. The first-order valence-corrected chi connectivity index (χ1v) is 4.19. The van der Waals surface area contributed by atoms with E-state index in [9.17, 15) is 0 Å². The number of hydrogen-bond donors (Lipinski definition) is 1. The van der Waals surface area contributed by atoms with Crippen LogP contribution in [0.25, 0.3) is 0 Å². The third-order valence-corrected chi connectivity index (χ3v) is 1.48. The molecule has 1 N–H and O–H groups in total. The molecule has 66 valence electrons. The summed E-state index contributed by atoms with van der Waals surface area (Å²) in [6.45, 7) is 3.58. The van der Waals surface area contributed by atoms with Crippen molar-refractivity contribution in [2.75, 3.05) is 5.32 Å². The molecule has 1 aromatic rings. The molecule has 0 spiro atoms. The lowest BCUT2D eigenvalue weighted by Gasteiger charge is -1.96. The predicted molar refractivity (Wildman–Crippen MR) is 58.5 cm³/mol. The van der Waals surface area contributed by atoms with Crippen LogP contribution in [0.2, 0.25) is 0 Å². The fourth-order valence-electron chi connectivity index (χ4n) is 0.877. The van der Waals surface area contributed by atoms with Crippen molar-refractivity contribution in [1.82, 2.24) is 0 Å². The lowest BCUT2D eigenvalue weighted by atomic mass is 10.3. The van der Waals surface area contributed by atoms with E-state index in [-0.39, 0.29) is 0 Å². The van der Waals surface area contributed by atoms with E-state index in [2.05, 4.69) is 11.9 Å². The van der Waals surface area contributed by atoms with Crippen LogP contribution in [-0.2, 0) is 0 Å². The van der Waals surface area contributed by atoms with Gasteiger partial charge in [-0.05, 0) is 18.2 Å². The normalized spacial score (nSPS) is 10.8. The number of rotatable bonds is 4. The van der Waals surface area contributed by atoms with Crippen LogP contribution in [0.15, 0.2) is 67.4 Å². The van der Waals surface area contributed by atoms with E-state index < -0.39 is 0 Å². The van der Waals surface area contributed by atoms with Gasteiger partial charge in [0.15, 0.2) is 0 Å². The molecular weight excluding hydrogens is 158 g/mol. The van der Waals surface area contributed by atoms with Crippen molar-refractivity contribution in [1.29, 1.82) is 0 Å². The molecule has 0 aliphatic rings. The summed E-state index contributed by atoms with van der Waals surface area (Å²) >= 11 is 0. The van der Waals surface area contributed by atoms with Gasteiger partial charge in [-0.1, -0.05) is 43.0 Å². The molecule has 0 unspecified atom stereocenters. The highest BCUT2D eigenvalue weighted by Gasteiger charge is 1.81. The van der Waals surface area contributed by atoms with E-state index in [0.29, 0.717) is 0 Å². The van der Waals surface area contributed by atoms with Crippen LogP contribution >= 0.6 is 0 Å². The summed E-state index contributed by atoms with van der Waals surface area (Å²) in [6.07, 6.45) is 9.35. The van der Waals surface area contributed by atoms with Crippen LogP contribution in [-0.4, -0.2) is 0 Å². The predicted octanol–water partition coefficient (Wildman–Crippen LogP) is 3.35.